The van der Waals surface area contributed by atoms with Gasteiger partial charge in [0.2, 0.25) is 5.91 Å². The van der Waals surface area contributed by atoms with Crippen LogP contribution in [0.3, 0.4) is 0 Å². The largest absolute Gasteiger partial charge is 0.394 e. The van der Waals surface area contributed by atoms with Gasteiger partial charge in [-0.1, -0.05) is 0 Å². The van der Waals surface area contributed by atoms with E-state index in [-0.39, 0.29) is 6.42 Å². The number of aliphatic hydroxyl groups is 3. The van der Waals surface area contributed by atoms with Gasteiger partial charge in [0.05, 0.1) is 18.8 Å². The minimum Gasteiger partial charge on any atom is -0.394 e. The van der Waals surface area contributed by atoms with E-state index in [9.17, 15) is 14.7 Å². The predicted octanol–water partition coefficient (Wildman–Crippen LogP) is -2.21. The van der Waals surface area contributed by atoms with E-state index >= 15 is 0 Å². The molecule has 0 rings (SSSR count). The summed E-state index contributed by atoms with van der Waals surface area (Å²) in [6.45, 7) is 0.717. The number of hydrogen-bond acceptors (Lipinski definition) is 5. The van der Waals surface area contributed by atoms with Crippen molar-refractivity contribution in [2.24, 2.45) is 0 Å². The molecule has 0 radical (unpaired) electrons. The van der Waals surface area contributed by atoms with Gasteiger partial charge >= 0.3 is 0 Å². The molecule has 0 saturated heterocycles. The summed E-state index contributed by atoms with van der Waals surface area (Å²) in [5.41, 5.74) is 0. The molecule has 0 fully saturated rings. The Morgan fingerprint density at radius 1 is 1.50 bits per heavy atom. The number of aliphatic hydroxyl groups excluding tert-OH is 3. The lowest BCUT2D eigenvalue weighted by atomic mass is 10.1. The van der Waals surface area contributed by atoms with Crippen LogP contribution >= 0.6 is 0 Å². The van der Waals surface area contributed by atoms with Gasteiger partial charge in [-0.3, -0.25) is 4.79 Å². The van der Waals surface area contributed by atoms with Crippen LogP contribution in [0.1, 0.15) is 13.3 Å². The molecular weight excluding hydrogens is 190 g/mol. The predicted molar refractivity (Wildman–Crippen MR) is 47.4 cm³/mol. The fraction of sp³-hybridized carbons (Fsp3) is 0.750. The van der Waals surface area contributed by atoms with E-state index in [4.69, 9.17) is 10.2 Å². The van der Waals surface area contributed by atoms with Crippen molar-refractivity contribution < 1.29 is 24.9 Å². The van der Waals surface area contributed by atoms with Crippen LogP contribution in [0.15, 0.2) is 0 Å². The lowest BCUT2D eigenvalue weighted by Crippen LogP contribution is -2.45. The van der Waals surface area contributed by atoms with E-state index in [1.165, 1.54) is 6.92 Å². The Balaban J connectivity index is 4.09. The van der Waals surface area contributed by atoms with Crippen molar-refractivity contribution in [2.45, 2.75) is 31.6 Å². The molecule has 6 nitrogen and oxygen atoms in total. The van der Waals surface area contributed by atoms with E-state index in [0.29, 0.717) is 6.29 Å². The van der Waals surface area contributed by atoms with Crippen LogP contribution in [0.4, 0.5) is 0 Å². The summed E-state index contributed by atoms with van der Waals surface area (Å²) >= 11 is 0. The van der Waals surface area contributed by atoms with E-state index in [0.717, 1.165) is 0 Å². The number of carbonyl (C=O) groups is 2. The van der Waals surface area contributed by atoms with E-state index in [1.807, 2.05) is 0 Å². The first kappa shape index (κ1) is 13.0. The SMILES string of the molecule is CC(=O)NC(C=O)C(O)CC(O)CO. The topological polar surface area (TPSA) is 107 Å². The molecule has 0 aliphatic rings. The van der Waals surface area contributed by atoms with E-state index in [2.05, 4.69) is 5.32 Å². The summed E-state index contributed by atoms with van der Waals surface area (Å²) < 4.78 is 0. The van der Waals surface area contributed by atoms with Gasteiger partial charge in [-0.2, -0.15) is 0 Å². The molecule has 0 bridgehead atoms. The normalized spacial score (nSPS) is 16.9. The summed E-state index contributed by atoms with van der Waals surface area (Å²) in [5, 5.41) is 29.0. The molecule has 1 amide bonds. The minimum absolute atomic E-state index is 0.166. The first-order chi connectivity index (χ1) is 6.51. The van der Waals surface area contributed by atoms with Crippen molar-refractivity contribution in [3.05, 3.63) is 0 Å². The van der Waals surface area contributed by atoms with Crippen molar-refractivity contribution in [1.82, 2.24) is 5.32 Å². The standard InChI is InChI=1S/C8H15NO5/c1-5(12)9-7(4-11)8(14)2-6(13)3-10/h4,6-8,10,13-14H,2-3H2,1H3,(H,9,12). The smallest absolute Gasteiger partial charge is 0.217 e. The molecular formula is C8H15NO5. The second-order valence-corrected chi connectivity index (χ2v) is 3.00. The monoisotopic (exact) mass is 205 g/mol. The molecule has 0 aromatic rings. The van der Waals surface area contributed by atoms with Gasteiger partial charge in [0.15, 0.2) is 0 Å². The Morgan fingerprint density at radius 2 is 2.07 bits per heavy atom. The molecule has 0 spiro atoms. The second kappa shape index (κ2) is 6.47. The fourth-order valence-corrected chi connectivity index (χ4v) is 0.956. The molecule has 4 N–H and O–H groups in total. The van der Waals surface area contributed by atoms with Gasteiger partial charge in [0.25, 0.3) is 0 Å². The van der Waals surface area contributed by atoms with Crippen molar-refractivity contribution in [3.8, 4) is 0 Å². The minimum atomic E-state index is -1.20. The zero-order valence-corrected chi connectivity index (χ0v) is 7.88. The summed E-state index contributed by atoms with van der Waals surface area (Å²) in [7, 11) is 0. The van der Waals surface area contributed by atoms with Gasteiger partial charge < -0.3 is 25.4 Å². The molecule has 0 heterocycles. The van der Waals surface area contributed by atoms with Crippen LogP contribution in [0.2, 0.25) is 0 Å². The molecule has 0 aromatic heterocycles. The lowest BCUT2D eigenvalue weighted by molar-refractivity contribution is -0.124. The Hall–Kier alpha value is -0.980. The Morgan fingerprint density at radius 3 is 2.43 bits per heavy atom. The van der Waals surface area contributed by atoms with Crippen molar-refractivity contribution in [1.29, 1.82) is 0 Å². The maximum atomic E-state index is 10.6. The Labute approximate surface area is 81.5 Å². The van der Waals surface area contributed by atoms with Gasteiger partial charge in [0.1, 0.15) is 12.3 Å². The van der Waals surface area contributed by atoms with Crippen LogP contribution in [-0.2, 0) is 9.59 Å². The highest BCUT2D eigenvalue weighted by Gasteiger charge is 2.21. The number of aldehydes is 1. The van der Waals surface area contributed by atoms with Crippen LogP contribution < -0.4 is 5.32 Å². The van der Waals surface area contributed by atoms with Crippen LogP contribution in [-0.4, -0.2) is 52.4 Å². The third kappa shape index (κ3) is 4.90. The van der Waals surface area contributed by atoms with Crippen molar-refractivity contribution >= 4 is 12.2 Å². The molecule has 0 aromatic carbocycles. The highest BCUT2D eigenvalue weighted by molar-refractivity contribution is 5.77. The second-order valence-electron chi connectivity index (χ2n) is 3.00. The molecule has 0 saturated carbocycles. The number of nitrogens with one attached hydrogen (secondary N) is 1. The number of carbonyl (C=O) groups excluding carboxylic acids is 2. The summed E-state index contributed by atoms with van der Waals surface area (Å²) in [6, 6.07) is -1.05. The number of amides is 1. The van der Waals surface area contributed by atoms with Gasteiger partial charge in [-0.25, -0.2) is 0 Å². The average molecular weight is 205 g/mol. The van der Waals surface area contributed by atoms with E-state index in [1.54, 1.807) is 0 Å². The number of rotatable bonds is 6. The zero-order chi connectivity index (χ0) is 11.1. The highest BCUT2D eigenvalue weighted by atomic mass is 16.3. The molecule has 3 unspecified atom stereocenters. The van der Waals surface area contributed by atoms with Gasteiger partial charge in [-0.15, -0.1) is 0 Å². The summed E-state index contributed by atoms with van der Waals surface area (Å²) in [4.78, 5) is 21.0. The third-order valence-corrected chi connectivity index (χ3v) is 1.66. The molecule has 3 atom stereocenters. The van der Waals surface area contributed by atoms with Crippen molar-refractivity contribution in [3.63, 3.8) is 0 Å². The number of hydrogen-bond donors (Lipinski definition) is 4. The summed E-state index contributed by atoms with van der Waals surface area (Å²) in [6.07, 6.45) is -2.07. The lowest BCUT2D eigenvalue weighted by Gasteiger charge is -2.19. The fourth-order valence-electron chi connectivity index (χ4n) is 0.956. The molecule has 0 aliphatic heterocycles. The van der Waals surface area contributed by atoms with Gasteiger partial charge in [0, 0.05) is 13.3 Å². The zero-order valence-electron chi connectivity index (χ0n) is 7.88. The Bertz CT molecular complexity index is 196. The molecule has 0 aliphatic carbocycles. The average Bonchev–Trinajstić information content (AvgIpc) is 2.13. The maximum absolute atomic E-state index is 10.6. The highest BCUT2D eigenvalue weighted by Crippen LogP contribution is 2.01. The van der Waals surface area contributed by atoms with Crippen LogP contribution in [0, 0.1) is 0 Å². The quantitative estimate of drug-likeness (QED) is 0.368. The van der Waals surface area contributed by atoms with Crippen molar-refractivity contribution in [2.75, 3.05) is 6.61 Å². The maximum Gasteiger partial charge on any atom is 0.217 e. The van der Waals surface area contributed by atoms with Crippen LogP contribution in [0.5, 0.6) is 0 Å². The first-order valence-electron chi connectivity index (χ1n) is 4.20. The van der Waals surface area contributed by atoms with Crippen LogP contribution in [0.25, 0.3) is 0 Å². The first-order valence-corrected chi connectivity index (χ1v) is 4.20. The molecule has 6 heteroatoms. The molecule has 14 heavy (non-hydrogen) atoms. The molecule has 82 valence electrons. The third-order valence-electron chi connectivity index (χ3n) is 1.66. The summed E-state index contributed by atoms with van der Waals surface area (Å²) in [5.74, 6) is -0.445. The Kier molecular flexibility index (Phi) is 6.02. The van der Waals surface area contributed by atoms with E-state index < -0.39 is 30.8 Å². The van der Waals surface area contributed by atoms with Gasteiger partial charge in [-0.05, 0) is 0 Å².